The van der Waals surface area contributed by atoms with Crippen LogP contribution in [0.15, 0.2) is 71.4 Å². The highest BCUT2D eigenvalue weighted by atomic mass is 32.1. The highest BCUT2D eigenvalue weighted by molar-refractivity contribution is 7.08. The molecule has 4 amide bonds. The molecular formula is C32H38N6O2S. The fraction of sp³-hybridized carbons (Fsp3) is 0.344. The number of carbonyl (C=O) groups is 2. The van der Waals surface area contributed by atoms with Crippen LogP contribution in [0.4, 0.5) is 26.8 Å². The van der Waals surface area contributed by atoms with Crippen molar-refractivity contribution in [3.63, 3.8) is 0 Å². The minimum atomic E-state index is -0.320. The van der Waals surface area contributed by atoms with Gasteiger partial charge in [0.1, 0.15) is 5.82 Å². The maximum Gasteiger partial charge on any atom is 0.324 e. The molecule has 2 aromatic carbocycles. The van der Waals surface area contributed by atoms with Gasteiger partial charge in [-0.1, -0.05) is 50.6 Å². The Morgan fingerprint density at radius 3 is 2.27 bits per heavy atom. The summed E-state index contributed by atoms with van der Waals surface area (Å²) in [5.74, 6) is 1.14. The van der Waals surface area contributed by atoms with E-state index in [1.54, 1.807) is 16.0 Å². The lowest BCUT2D eigenvalue weighted by molar-refractivity contribution is 0.182. The minimum absolute atomic E-state index is 0.0212. The molecule has 0 radical (unpaired) electrons. The van der Waals surface area contributed by atoms with Gasteiger partial charge >= 0.3 is 12.1 Å². The lowest BCUT2D eigenvalue weighted by atomic mass is 9.90. The molecule has 0 spiro atoms. The number of piperidine rings is 1. The van der Waals surface area contributed by atoms with Crippen molar-refractivity contribution in [2.75, 3.05) is 29.0 Å². The summed E-state index contributed by atoms with van der Waals surface area (Å²) < 4.78 is 1.78. The first-order chi connectivity index (χ1) is 19.6. The first kappa shape index (κ1) is 28.4. The first-order valence-electron chi connectivity index (χ1n) is 14.1. The van der Waals surface area contributed by atoms with E-state index in [2.05, 4.69) is 48.9 Å². The largest absolute Gasteiger partial charge is 0.325 e. The number of nitrogens with zero attached hydrogens (tertiary/aromatic N) is 3. The van der Waals surface area contributed by atoms with Crippen molar-refractivity contribution in [3.05, 3.63) is 88.2 Å². The summed E-state index contributed by atoms with van der Waals surface area (Å²) in [6, 6.07) is 19.6. The Bertz CT molecular complexity index is 1460. The second kappa shape index (κ2) is 12.2. The third-order valence-corrected chi connectivity index (χ3v) is 8.09. The van der Waals surface area contributed by atoms with Crippen LogP contribution in [-0.2, 0) is 11.8 Å². The molecule has 0 saturated carbocycles. The van der Waals surface area contributed by atoms with Gasteiger partial charge in [0.25, 0.3) is 0 Å². The van der Waals surface area contributed by atoms with E-state index in [1.807, 2.05) is 71.1 Å². The van der Waals surface area contributed by atoms with Crippen molar-refractivity contribution in [1.29, 1.82) is 0 Å². The van der Waals surface area contributed by atoms with E-state index in [9.17, 15) is 9.59 Å². The quantitative estimate of drug-likeness (QED) is 0.222. The van der Waals surface area contributed by atoms with Crippen LogP contribution in [0, 0.1) is 12.8 Å². The molecule has 41 heavy (non-hydrogen) atoms. The number of thiophene rings is 1. The molecule has 0 bridgehead atoms. The average Bonchev–Trinajstić information content (AvgIpc) is 3.61. The number of carbonyl (C=O) groups excluding carboxylic acids is 2. The molecule has 3 heterocycles. The Kier molecular flexibility index (Phi) is 8.44. The van der Waals surface area contributed by atoms with Crippen molar-refractivity contribution in [2.24, 2.45) is 5.92 Å². The number of benzene rings is 2. The zero-order valence-electron chi connectivity index (χ0n) is 24.1. The van der Waals surface area contributed by atoms with Crippen LogP contribution in [0.1, 0.15) is 50.4 Å². The van der Waals surface area contributed by atoms with Crippen molar-refractivity contribution in [2.45, 2.75) is 52.4 Å². The molecular weight excluding hydrogens is 532 g/mol. The predicted molar refractivity (Wildman–Crippen MR) is 167 cm³/mol. The average molecular weight is 571 g/mol. The van der Waals surface area contributed by atoms with Crippen molar-refractivity contribution in [1.82, 2.24) is 14.7 Å². The van der Waals surface area contributed by atoms with Crippen LogP contribution in [-0.4, -0.2) is 39.8 Å². The zero-order chi connectivity index (χ0) is 29.0. The lowest BCUT2D eigenvalue weighted by Gasteiger charge is -2.32. The summed E-state index contributed by atoms with van der Waals surface area (Å²) in [6.45, 7) is 9.88. The maximum absolute atomic E-state index is 13.0. The standard InChI is InChI=1S/C32H38N6O2S/c1-22-5-11-27(12-6-22)38-29(20-28(36-38)32(2,3)4)35-30(39)33-25-9-7-23(8-10-25)19-24-13-16-37(17-14-24)31(40)34-26-15-18-41-21-26/h5-12,15,18,20-21,24H,13-14,16-17,19H2,1-4H3,(H,34,40)(H2,33,35,39). The Morgan fingerprint density at radius 1 is 0.927 bits per heavy atom. The monoisotopic (exact) mass is 570 g/mol. The molecule has 8 nitrogen and oxygen atoms in total. The van der Waals surface area contributed by atoms with Gasteiger partial charge in [-0.25, -0.2) is 14.3 Å². The Labute approximate surface area is 245 Å². The molecule has 1 aliphatic heterocycles. The van der Waals surface area contributed by atoms with E-state index in [-0.39, 0.29) is 17.5 Å². The van der Waals surface area contributed by atoms with E-state index < -0.39 is 0 Å². The second-order valence-electron chi connectivity index (χ2n) is 11.8. The third kappa shape index (κ3) is 7.35. The second-order valence-corrected chi connectivity index (χ2v) is 12.5. The highest BCUT2D eigenvalue weighted by Crippen LogP contribution is 2.27. The zero-order valence-corrected chi connectivity index (χ0v) is 24.9. The molecule has 0 unspecified atom stereocenters. The molecule has 214 valence electrons. The van der Waals surface area contributed by atoms with Gasteiger partial charge in [0.2, 0.25) is 0 Å². The van der Waals surface area contributed by atoms with E-state index in [4.69, 9.17) is 5.10 Å². The number of rotatable bonds is 6. The molecule has 4 aromatic rings. The first-order valence-corrected chi connectivity index (χ1v) is 15.0. The number of hydrogen-bond acceptors (Lipinski definition) is 4. The predicted octanol–water partition coefficient (Wildman–Crippen LogP) is 7.67. The smallest absolute Gasteiger partial charge is 0.324 e. The van der Waals surface area contributed by atoms with E-state index in [0.717, 1.165) is 60.7 Å². The summed E-state index contributed by atoms with van der Waals surface area (Å²) >= 11 is 1.57. The molecule has 5 rings (SSSR count). The van der Waals surface area contributed by atoms with E-state index in [1.165, 1.54) is 5.56 Å². The van der Waals surface area contributed by atoms with Gasteiger partial charge in [-0.2, -0.15) is 16.4 Å². The molecule has 1 saturated heterocycles. The summed E-state index contributed by atoms with van der Waals surface area (Å²) in [5.41, 5.74) is 5.59. The highest BCUT2D eigenvalue weighted by Gasteiger charge is 2.24. The molecule has 1 aliphatic rings. The van der Waals surface area contributed by atoms with Gasteiger partial charge in [-0.15, -0.1) is 0 Å². The van der Waals surface area contributed by atoms with Crippen LogP contribution < -0.4 is 16.0 Å². The van der Waals surface area contributed by atoms with Crippen LogP contribution in [0.5, 0.6) is 0 Å². The number of aryl methyl sites for hydroxylation is 1. The molecule has 0 atom stereocenters. The Hall–Kier alpha value is -4.11. The van der Waals surface area contributed by atoms with Gasteiger partial charge in [-0.05, 0) is 73.4 Å². The lowest BCUT2D eigenvalue weighted by Crippen LogP contribution is -2.41. The normalized spacial score (nSPS) is 14.1. The van der Waals surface area contributed by atoms with E-state index >= 15 is 0 Å². The van der Waals surface area contributed by atoms with Crippen molar-refractivity contribution < 1.29 is 9.59 Å². The van der Waals surface area contributed by atoms with Gasteiger partial charge in [0.05, 0.1) is 17.1 Å². The van der Waals surface area contributed by atoms with Gasteiger partial charge in [-0.3, -0.25) is 5.32 Å². The van der Waals surface area contributed by atoms with E-state index in [0.29, 0.717) is 11.7 Å². The summed E-state index contributed by atoms with van der Waals surface area (Å²) in [5, 5.41) is 17.6. The Morgan fingerprint density at radius 2 is 1.63 bits per heavy atom. The van der Waals surface area contributed by atoms with Gasteiger partial charge in [0, 0.05) is 35.6 Å². The molecule has 0 aliphatic carbocycles. The topological polar surface area (TPSA) is 91.3 Å². The Balaban J connectivity index is 1.15. The van der Waals surface area contributed by atoms with Crippen molar-refractivity contribution in [3.8, 4) is 5.69 Å². The third-order valence-electron chi connectivity index (χ3n) is 7.41. The summed E-state index contributed by atoms with van der Waals surface area (Å²) in [6.07, 6.45) is 2.91. The maximum atomic E-state index is 13.0. The number of amides is 4. The molecule has 9 heteroatoms. The van der Waals surface area contributed by atoms with Crippen LogP contribution in [0.3, 0.4) is 0 Å². The number of aromatic nitrogens is 2. The van der Waals surface area contributed by atoms with Gasteiger partial charge in [0.15, 0.2) is 0 Å². The fourth-order valence-electron chi connectivity index (χ4n) is 4.93. The molecule has 2 aromatic heterocycles. The van der Waals surface area contributed by atoms with Crippen LogP contribution >= 0.6 is 11.3 Å². The number of urea groups is 2. The van der Waals surface area contributed by atoms with Crippen LogP contribution in [0.2, 0.25) is 0 Å². The number of nitrogens with one attached hydrogen (secondary N) is 3. The number of anilines is 3. The minimum Gasteiger partial charge on any atom is -0.325 e. The number of likely N-dealkylation sites (tertiary alicyclic amines) is 1. The SMILES string of the molecule is Cc1ccc(-n2nc(C(C)(C)C)cc2NC(=O)Nc2ccc(CC3CCN(C(=O)Nc4ccsc4)CC3)cc2)cc1. The fourth-order valence-corrected chi connectivity index (χ4v) is 5.52. The van der Waals surface area contributed by atoms with Crippen molar-refractivity contribution >= 4 is 40.6 Å². The molecule has 3 N–H and O–H groups in total. The van der Waals surface area contributed by atoms with Crippen LogP contribution in [0.25, 0.3) is 5.69 Å². The van der Waals surface area contributed by atoms with Gasteiger partial charge < -0.3 is 15.5 Å². The summed E-state index contributed by atoms with van der Waals surface area (Å²) in [4.78, 5) is 27.4. The molecule has 1 fully saturated rings. The summed E-state index contributed by atoms with van der Waals surface area (Å²) in [7, 11) is 0. The number of hydrogen-bond donors (Lipinski definition) is 3.